The molecule has 0 amide bonds. The second-order valence-electron chi connectivity index (χ2n) is 4.24. The molecule has 0 aliphatic carbocycles. The number of nitrogens with zero attached hydrogens (tertiary/aromatic N) is 1. The minimum absolute atomic E-state index is 0.186. The zero-order chi connectivity index (χ0) is 12.7. The number of para-hydroxylation sites is 2. The van der Waals surface area contributed by atoms with Crippen LogP contribution in [0.3, 0.4) is 0 Å². The van der Waals surface area contributed by atoms with Gasteiger partial charge in [-0.15, -0.1) is 0 Å². The molecular formula is C13H22N2O2. The van der Waals surface area contributed by atoms with Crippen LogP contribution < -0.4 is 15.2 Å². The van der Waals surface area contributed by atoms with E-state index in [0.717, 1.165) is 24.6 Å². The molecule has 1 aromatic carbocycles. The highest BCUT2D eigenvalue weighted by Crippen LogP contribution is 2.25. The van der Waals surface area contributed by atoms with Crippen molar-refractivity contribution in [2.45, 2.75) is 13.0 Å². The molecule has 0 saturated heterocycles. The predicted molar refractivity (Wildman–Crippen MR) is 69.6 cm³/mol. The van der Waals surface area contributed by atoms with Crippen LogP contribution in [0.4, 0.5) is 0 Å². The van der Waals surface area contributed by atoms with Gasteiger partial charge in [0.1, 0.15) is 6.61 Å². The summed E-state index contributed by atoms with van der Waals surface area (Å²) in [6.45, 7) is 4.34. The van der Waals surface area contributed by atoms with Crippen LogP contribution in [-0.4, -0.2) is 44.8 Å². The molecule has 0 aliphatic rings. The molecule has 2 N–H and O–H groups in total. The van der Waals surface area contributed by atoms with Crippen LogP contribution in [0.5, 0.6) is 11.5 Å². The summed E-state index contributed by atoms with van der Waals surface area (Å²) in [6.07, 6.45) is 0. The Kier molecular flexibility index (Phi) is 5.80. The van der Waals surface area contributed by atoms with Crippen molar-refractivity contribution in [2.24, 2.45) is 5.73 Å². The molecule has 96 valence electrons. The molecule has 4 nitrogen and oxygen atoms in total. The van der Waals surface area contributed by atoms with Gasteiger partial charge in [0, 0.05) is 19.1 Å². The van der Waals surface area contributed by atoms with Crippen molar-refractivity contribution in [3.8, 4) is 11.5 Å². The van der Waals surface area contributed by atoms with Gasteiger partial charge in [-0.25, -0.2) is 0 Å². The van der Waals surface area contributed by atoms with E-state index in [0.29, 0.717) is 6.61 Å². The van der Waals surface area contributed by atoms with Gasteiger partial charge >= 0.3 is 0 Å². The lowest BCUT2D eigenvalue weighted by molar-refractivity contribution is 0.225. The Morgan fingerprint density at radius 2 is 1.94 bits per heavy atom. The zero-order valence-electron chi connectivity index (χ0n) is 10.8. The van der Waals surface area contributed by atoms with Crippen molar-refractivity contribution in [1.29, 1.82) is 0 Å². The van der Waals surface area contributed by atoms with E-state index in [4.69, 9.17) is 15.2 Å². The summed E-state index contributed by atoms with van der Waals surface area (Å²) in [5.74, 6) is 1.55. The Morgan fingerprint density at radius 3 is 2.53 bits per heavy atom. The van der Waals surface area contributed by atoms with Gasteiger partial charge in [0.2, 0.25) is 0 Å². The number of benzene rings is 1. The van der Waals surface area contributed by atoms with E-state index in [1.807, 2.05) is 38.2 Å². The second-order valence-corrected chi connectivity index (χ2v) is 4.24. The molecule has 0 bridgehead atoms. The van der Waals surface area contributed by atoms with Crippen molar-refractivity contribution in [2.75, 3.05) is 33.9 Å². The first kappa shape index (κ1) is 13.8. The van der Waals surface area contributed by atoms with Crippen LogP contribution in [0, 0.1) is 0 Å². The third-order valence-corrected chi connectivity index (χ3v) is 2.40. The fourth-order valence-corrected chi connectivity index (χ4v) is 1.63. The van der Waals surface area contributed by atoms with E-state index < -0.39 is 0 Å². The minimum Gasteiger partial charge on any atom is -0.493 e. The number of hydrogen-bond acceptors (Lipinski definition) is 4. The number of nitrogens with two attached hydrogens (primary N) is 1. The maximum Gasteiger partial charge on any atom is 0.161 e. The van der Waals surface area contributed by atoms with Crippen LogP contribution in [0.25, 0.3) is 0 Å². The van der Waals surface area contributed by atoms with Gasteiger partial charge in [0.05, 0.1) is 7.11 Å². The molecule has 0 heterocycles. The first-order valence-electron chi connectivity index (χ1n) is 5.83. The Balaban J connectivity index is 2.35. The molecule has 0 aliphatic heterocycles. The summed E-state index contributed by atoms with van der Waals surface area (Å²) >= 11 is 0. The Labute approximate surface area is 103 Å². The maximum absolute atomic E-state index is 5.72. The maximum atomic E-state index is 5.72. The van der Waals surface area contributed by atoms with E-state index >= 15 is 0 Å². The molecule has 1 rings (SSSR count). The lowest BCUT2D eigenvalue weighted by Crippen LogP contribution is -2.35. The molecule has 1 unspecified atom stereocenters. The highest BCUT2D eigenvalue weighted by Gasteiger charge is 2.04. The number of likely N-dealkylation sites (N-methyl/N-ethyl adjacent to an activating group) is 1. The number of ether oxygens (including phenoxy) is 2. The molecule has 0 fully saturated rings. The summed E-state index contributed by atoms with van der Waals surface area (Å²) < 4.78 is 10.9. The van der Waals surface area contributed by atoms with Crippen LogP contribution in [-0.2, 0) is 0 Å². The largest absolute Gasteiger partial charge is 0.493 e. The molecule has 0 spiro atoms. The summed E-state index contributed by atoms with van der Waals surface area (Å²) in [6, 6.07) is 7.84. The van der Waals surface area contributed by atoms with Gasteiger partial charge < -0.3 is 20.1 Å². The molecular weight excluding hydrogens is 216 g/mol. The van der Waals surface area contributed by atoms with Crippen LogP contribution in [0.1, 0.15) is 6.92 Å². The SMILES string of the molecule is COc1ccccc1OCCN(C)CC(C)N. The molecule has 0 radical (unpaired) electrons. The summed E-state index contributed by atoms with van der Waals surface area (Å²) in [7, 11) is 3.68. The second kappa shape index (κ2) is 7.14. The highest BCUT2D eigenvalue weighted by molar-refractivity contribution is 5.39. The van der Waals surface area contributed by atoms with E-state index in [1.165, 1.54) is 0 Å². The average molecular weight is 238 g/mol. The van der Waals surface area contributed by atoms with Crippen LogP contribution in [0.15, 0.2) is 24.3 Å². The van der Waals surface area contributed by atoms with Gasteiger partial charge in [-0.2, -0.15) is 0 Å². The molecule has 0 saturated carbocycles. The number of hydrogen-bond donors (Lipinski definition) is 1. The van der Waals surface area contributed by atoms with E-state index in [1.54, 1.807) is 7.11 Å². The van der Waals surface area contributed by atoms with Crippen molar-refractivity contribution >= 4 is 0 Å². The van der Waals surface area contributed by atoms with Crippen molar-refractivity contribution in [3.63, 3.8) is 0 Å². The molecule has 1 aromatic rings. The normalized spacial score (nSPS) is 12.5. The van der Waals surface area contributed by atoms with E-state index in [2.05, 4.69) is 4.90 Å². The predicted octanol–water partition coefficient (Wildman–Crippen LogP) is 1.35. The first-order chi connectivity index (χ1) is 8.13. The van der Waals surface area contributed by atoms with Gasteiger partial charge in [0.25, 0.3) is 0 Å². The Hall–Kier alpha value is -1.26. The first-order valence-corrected chi connectivity index (χ1v) is 5.83. The lowest BCUT2D eigenvalue weighted by Gasteiger charge is -2.19. The molecule has 0 aromatic heterocycles. The van der Waals surface area contributed by atoms with Gasteiger partial charge in [-0.05, 0) is 26.1 Å². The smallest absolute Gasteiger partial charge is 0.161 e. The highest BCUT2D eigenvalue weighted by atomic mass is 16.5. The topological polar surface area (TPSA) is 47.7 Å². The summed E-state index contributed by atoms with van der Waals surface area (Å²) in [4.78, 5) is 2.15. The quantitative estimate of drug-likeness (QED) is 0.779. The van der Waals surface area contributed by atoms with Crippen molar-refractivity contribution in [3.05, 3.63) is 24.3 Å². The number of methoxy groups -OCH3 is 1. The van der Waals surface area contributed by atoms with Gasteiger partial charge in [-0.1, -0.05) is 12.1 Å². The fraction of sp³-hybridized carbons (Fsp3) is 0.538. The Morgan fingerprint density at radius 1 is 1.29 bits per heavy atom. The Bertz CT molecular complexity index is 329. The summed E-state index contributed by atoms with van der Waals surface area (Å²) in [5.41, 5.74) is 5.72. The molecule has 17 heavy (non-hydrogen) atoms. The van der Waals surface area contributed by atoms with E-state index in [9.17, 15) is 0 Å². The summed E-state index contributed by atoms with van der Waals surface area (Å²) in [5, 5.41) is 0. The third kappa shape index (κ3) is 5.06. The monoisotopic (exact) mass is 238 g/mol. The minimum atomic E-state index is 0.186. The standard InChI is InChI=1S/C13H22N2O2/c1-11(14)10-15(2)8-9-17-13-7-5-4-6-12(13)16-3/h4-7,11H,8-10,14H2,1-3H3. The van der Waals surface area contributed by atoms with Crippen LogP contribution in [0.2, 0.25) is 0 Å². The zero-order valence-corrected chi connectivity index (χ0v) is 10.8. The average Bonchev–Trinajstić information content (AvgIpc) is 2.28. The number of rotatable bonds is 7. The van der Waals surface area contributed by atoms with Gasteiger partial charge in [-0.3, -0.25) is 0 Å². The fourth-order valence-electron chi connectivity index (χ4n) is 1.63. The lowest BCUT2D eigenvalue weighted by atomic mass is 10.3. The van der Waals surface area contributed by atoms with Crippen molar-refractivity contribution in [1.82, 2.24) is 4.90 Å². The third-order valence-electron chi connectivity index (χ3n) is 2.40. The van der Waals surface area contributed by atoms with Gasteiger partial charge in [0.15, 0.2) is 11.5 Å². The molecule has 1 atom stereocenters. The molecule has 4 heteroatoms. The van der Waals surface area contributed by atoms with Crippen LogP contribution >= 0.6 is 0 Å². The van der Waals surface area contributed by atoms with Crippen molar-refractivity contribution < 1.29 is 9.47 Å². The van der Waals surface area contributed by atoms with E-state index in [-0.39, 0.29) is 6.04 Å².